The van der Waals surface area contributed by atoms with E-state index in [-0.39, 0.29) is 28.7 Å². The molecule has 0 aromatic heterocycles. The summed E-state index contributed by atoms with van der Waals surface area (Å²) in [5, 5.41) is 12.8. The first kappa shape index (κ1) is 24.1. The maximum absolute atomic E-state index is 13.9. The minimum absolute atomic E-state index is 0.0527. The number of nitrogens with one attached hydrogen (secondary N) is 1. The summed E-state index contributed by atoms with van der Waals surface area (Å²) in [4.78, 5) is 12.6. The van der Waals surface area contributed by atoms with Gasteiger partial charge in [0, 0.05) is 16.3 Å². The number of ether oxygens (including phenoxy) is 2. The van der Waals surface area contributed by atoms with Crippen molar-refractivity contribution in [2.45, 2.75) is 13.5 Å². The molecule has 0 radical (unpaired) electrons. The van der Waals surface area contributed by atoms with Crippen molar-refractivity contribution in [1.82, 2.24) is 0 Å². The lowest BCUT2D eigenvalue weighted by atomic mass is 10.1. The molecule has 1 amide bonds. The maximum atomic E-state index is 13.9. The number of carbonyl (C=O) groups excluding carboxylic acids is 1. The predicted molar refractivity (Wildman–Crippen MR) is 127 cm³/mol. The standard InChI is InChI=1S/C25H19Cl2FN2O3/c1-15-7-8-19(12-20(15)26)30-25(31)18(13-29)9-16-10-21(27)24(23(11-16)32-2)33-14-17-5-3-4-6-22(17)28/h3-12H,14H2,1-2H3,(H,30,31)/b18-9-. The van der Waals surface area contributed by atoms with Crippen LogP contribution in [0.4, 0.5) is 10.1 Å². The van der Waals surface area contributed by atoms with Crippen molar-refractivity contribution in [2.75, 3.05) is 12.4 Å². The highest BCUT2D eigenvalue weighted by molar-refractivity contribution is 6.32. The van der Waals surface area contributed by atoms with Crippen molar-refractivity contribution in [3.05, 3.63) is 92.7 Å². The minimum atomic E-state index is -0.604. The molecule has 3 rings (SSSR count). The Balaban J connectivity index is 1.83. The Morgan fingerprint density at radius 3 is 2.58 bits per heavy atom. The van der Waals surface area contributed by atoms with E-state index in [1.165, 1.54) is 25.3 Å². The van der Waals surface area contributed by atoms with Crippen molar-refractivity contribution >= 4 is 40.9 Å². The number of anilines is 1. The quantitative estimate of drug-likeness (QED) is 0.303. The Labute approximate surface area is 201 Å². The number of rotatable bonds is 7. The third-order valence-corrected chi connectivity index (χ3v) is 5.38. The second kappa shape index (κ2) is 10.9. The van der Waals surface area contributed by atoms with Gasteiger partial charge in [-0.2, -0.15) is 5.26 Å². The fraction of sp³-hybridized carbons (Fsp3) is 0.120. The van der Waals surface area contributed by atoms with Crippen LogP contribution >= 0.6 is 23.2 Å². The summed E-state index contributed by atoms with van der Waals surface area (Å²) in [7, 11) is 1.42. The van der Waals surface area contributed by atoms with Gasteiger partial charge in [0.15, 0.2) is 11.5 Å². The van der Waals surface area contributed by atoms with Crippen molar-refractivity contribution in [3.63, 3.8) is 0 Å². The maximum Gasteiger partial charge on any atom is 0.266 e. The average Bonchev–Trinajstić information content (AvgIpc) is 2.79. The summed E-state index contributed by atoms with van der Waals surface area (Å²) < 4.78 is 24.9. The molecule has 3 aromatic carbocycles. The van der Waals surface area contributed by atoms with Crippen LogP contribution in [0, 0.1) is 24.1 Å². The van der Waals surface area contributed by atoms with E-state index >= 15 is 0 Å². The molecule has 168 valence electrons. The molecule has 0 fully saturated rings. The molecule has 8 heteroatoms. The highest BCUT2D eigenvalue weighted by Gasteiger charge is 2.15. The summed E-state index contributed by atoms with van der Waals surface area (Å²) >= 11 is 12.4. The first-order valence-corrected chi connectivity index (χ1v) is 10.5. The monoisotopic (exact) mass is 484 g/mol. The summed E-state index contributed by atoms with van der Waals surface area (Å²) in [6.07, 6.45) is 1.38. The number of amides is 1. The zero-order valence-corrected chi connectivity index (χ0v) is 19.3. The lowest BCUT2D eigenvalue weighted by molar-refractivity contribution is -0.112. The Bertz CT molecular complexity index is 1270. The van der Waals surface area contributed by atoms with E-state index in [1.54, 1.807) is 42.5 Å². The molecule has 0 bridgehead atoms. The van der Waals surface area contributed by atoms with Crippen LogP contribution in [0.5, 0.6) is 11.5 Å². The zero-order valence-electron chi connectivity index (χ0n) is 17.8. The first-order valence-electron chi connectivity index (χ1n) is 9.75. The van der Waals surface area contributed by atoms with Crippen LogP contribution in [-0.2, 0) is 11.4 Å². The molecule has 3 aromatic rings. The molecular formula is C25H19Cl2FN2O3. The predicted octanol–water partition coefficient (Wildman–Crippen LogP) is 6.57. The number of benzene rings is 3. The number of halogens is 3. The average molecular weight is 485 g/mol. The second-order valence-corrected chi connectivity index (χ2v) is 7.82. The third-order valence-electron chi connectivity index (χ3n) is 4.69. The molecule has 0 aliphatic carbocycles. The number of nitriles is 1. The van der Waals surface area contributed by atoms with Crippen LogP contribution in [0.2, 0.25) is 10.0 Å². The molecule has 0 unspecified atom stereocenters. The van der Waals surface area contributed by atoms with Gasteiger partial charge >= 0.3 is 0 Å². The summed E-state index contributed by atoms with van der Waals surface area (Å²) in [5.74, 6) is -0.510. The van der Waals surface area contributed by atoms with Crippen LogP contribution in [0.3, 0.4) is 0 Å². The molecular weight excluding hydrogens is 466 g/mol. The van der Waals surface area contributed by atoms with Gasteiger partial charge in [0.05, 0.1) is 12.1 Å². The third kappa shape index (κ3) is 6.04. The summed E-state index contributed by atoms with van der Waals surface area (Å²) in [6, 6.07) is 16.3. The Morgan fingerprint density at radius 2 is 1.91 bits per heavy atom. The highest BCUT2D eigenvalue weighted by Crippen LogP contribution is 2.37. The molecule has 5 nitrogen and oxygen atoms in total. The molecule has 0 atom stereocenters. The van der Waals surface area contributed by atoms with Crippen LogP contribution in [0.1, 0.15) is 16.7 Å². The molecule has 0 heterocycles. The summed E-state index contributed by atoms with van der Waals surface area (Å²) in [5.41, 5.74) is 1.99. The number of nitrogens with zero attached hydrogens (tertiary/aromatic N) is 1. The molecule has 0 aliphatic rings. The minimum Gasteiger partial charge on any atom is -0.493 e. The van der Waals surface area contributed by atoms with Gasteiger partial charge in [0.2, 0.25) is 0 Å². The van der Waals surface area contributed by atoms with Crippen LogP contribution in [0.25, 0.3) is 6.08 Å². The number of carbonyl (C=O) groups is 1. The van der Waals surface area contributed by atoms with Gasteiger partial charge in [-0.05, 0) is 54.5 Å². The molecule has 0 spiro atoms. The molecule has 0 aliphatic heterocycles. The van der Waals surface area contributed by atoms with E-state index in [4.69, 9.17) is 32.7 Å². The Morgan fingerprint density at radius 1 is 1.15 bits per heavy atom. The van der Waals surface area contributed by atoms with Crippen molar-refractivity contribution in [2.24, 2.45) is 0 Å². The van der Waals surface area contributed by atoms with Gasteiger partial charge in [-0.1, -0.05) is 47.5 Å². The van der Waals surface area contributed by atoms with E-state index in [9.17, 15) is 14.4 Å². The van der Waals surface area contributed by atoms with Gasteiger partial charge in [-0.25, -0.2) is 4.39 Å². The smallest absolute Gasteiger partial charge is 0.266 e. The number of methoxy groups -OCH3 is 1. The van der Waals surface area contributed by atoms with Crippen molar-refractivity contribution < 1.29 is 18.7 Å². The molecule has 0 saturated heterocycles. The Kier molecular flexibility index (Phi) is 7.94. The first-order chi connectivity index (χ1) is 15.8. The topological polar surface area (TPSA) is 71.3 Å². The van der Waals surface area contributed by atoms with Crippen LogP contribution in [0.15, 0.2) is 60.2 Å². The SMILES string of the molecule is COc1cc(/C=C(/C#N)C(=O)Nc2ccc(C)c(Cl)c2)cc(Cl)c1OCc1ccccc1F. The molecule has 33 heavy (non-hydrogen) atoms. The van der Waals surface area contributed by atoms with Crippen LogP contribution < -0.4 is 14.8 Å². The van der Waals surface area contributed by atoms with Gasteiger partial charge < -0.3 is 14.8 Å². The van der Waals surface area contributed by atoms with E-state index < -0.39 is 11.7 Å². The van der Waals surface area contributed by atoms with E-state index in [2.05, 4.69) is 5.32 Å². The normalized spacial score (nSPS) is 11.0. The second-order valence-electron chi connectivity index (χ2n) is 7.00. The van der Waals surface area contributed by atoms with E-state index in [0.717, 1.165) is 5.56 Å². The lowest BCUT2D eigenvalue weighted by Gasteiger charge is -2.14. The van der Waals surface area contributed by atoms with E-state index in [0.29, 0.717) is 21.8 Å². The fourth-order valence-electron chi connectivity index (χ4n) is 2.91. The molecule has 1 N–H and O–H groups in total. The summed E-state index contributed by atoms with van der Waals surface area (Å²) in [6.45, 7) is 1.79. The highest BCUT2D eigenvalue weighted by atomic mass is 35.5. The van der Waals surface area contributed by atoms with Crippen molar-refractivity contribution in [3.8, 4) is 17.6 Å². The molecule has 0 saturated carbocycles. The number of hydrogen-bond acceptors (Lipinski definition) is 4. The lowest BCUT2D eigenvalue weighted by Crippen LogP contribution is -2.13. The fourth-order valence-corrected chi connectivity index (χ4v) is 3.37. The van der Waals surface area contributed by atoms with E-state index in [1.807, 2.05) is 13.0 Å². The van der Waals surface area contributed by atoms with Gasteiger partial charge in [-0.3, -0.25) is 4.79 Å². The zero-order chi connectivity index (χ0) is 24.0. The number of aryl methyl sites for hydroxylation is 1. The van der Waals surface area contributed by atoms with Gasteiger partial charge in [0.1, 0.15) is 24.1 Å². The van der Waals surface area contributed by atoms with Gasteiger partial charge in [-0.15, -0.1) is 0 Å². The Hall–Kier alpha value is -3.53. The van der Waals surface area contributed by atoms with Crippen LogP contribution in [-0.4, -0.2) is 13.0 Å². The largest absolute Gasteiger partial charge is 0.493 e. The van der Waals surface area contributed by atoms with Crippen molar-refractivity contribution in [1.29, 1.82) is 5.26 Å². The van der Waals surface area contributed by atoms with Gasteiger partial charge in [0.25, 0.3) is 5.91 Å². The number of hydrogen-bond donors (Lipinski definition) is 1.